The van der Waals surface area contributed by atoms with Gasteiger partial charge in [-0.05, 0) is 19.8 Å². The average Bonchev–Trinajstić information content (AvgIpc) is 2.41. The van der Waals surface area contributed by atoms with E-state index in [0.717, 1.165) is 25.9 Å². The molecule has 0 spiro atoms. The first-order chi connectivity index (χ1) is 5.20. The lowest BCUT2D eigenvalue weighted by atomic mass is 10.0. The Kier molecular flexibility index (Phi) is 1.42. The largest absolute Gasteiger partial charge is 0.351 e. The lowest BCUT2D eigenvalue weighted by Gasteiger charge is -2.27. The molecular weight excluding hydrogens is 140 g/mol. The van der Waals surface area contributed by atoms with Crippen LogP contribution in [0.2, 0.25) is 0 Å². The van der Waals surface area contributed by atoms with Gasteiger partial charge in [-0.3, -0.25) is 4.79 Å². The van der Waals surface area contributed by atoms with E-state index in [9.17, 15) is 4.79 Å². The summed E-state index contributed by atoms with van der Waals surface area (Å²) in [7, 11) is 0. The van der Waals surface area contributed by atoms with Crippen molar-refractivity contribution in [2.75, 3.05) is 13.1 Å². The molecule has 1 saturated heterocycles. The molecule has 0 aromatic rings. The first-order valence-electron chi connectivity index (χ1n) is 4.22. The van der Waals surface area contributed by atoms with Gasteiger partial charge in [0.05, 0.1) is 5.92 Å². The van der Waals surface area contributed by atoms with Gasteiger partial charge < -0.3 is 10.6 Å². The highest BCUT2D eigenvalue weighted by Gasteiger charge is 2.40. The quantitative estimate of drug-likeness (QED) is 0.582. The highest BCUT2D eigenvalue weighted by Crippen LogP contribution is 2.34. The summed E-state index contributed by atoms with van der Waals surface area (Å²) in [4.78, 5) is 11.3. The Morgan fingerprint density at radius 2 is 2.18 bits per heavy atom. The number of rotatable bonds is 2. The molecule has 0 atom stereocenters. The maximum absolute atomic E-state index is 11.3. The summed E-state index contributed by atoms with van der Waals surface area (Å²) in [5.41, 5.74) is 0.159. The SMILES string of the molecule is CC1(NC(=O)C2CNC2)CC1. The first-order valence-corrected chi connectivity index (χ1v) is 4.22. The molecular formula is C8H14N2O. The van der Waals surface area contributed by atoms with Crippen LogP contribution in [0.4, 0.5) is 0 Å². The molecule has 2 aliphatic rings. The van der Waals surface area contributed by atoms with Gasteiger partial charge in [0.1, 0.15) is 0 Å². The van der Waals surface area contributed by atoms with Crippen LogP contribution in [0.1, 0.15) is 19.8 Å². The summed E-state index contributed by atoms with van der Waals surface area (Å²) in [5.74, 6) is 0.483. The van der Waals surface area contributed by atoms with E-state index in [1.54, 1.807) is 0 Å². The summed E-state index contributed by atoms with van der Waals surface area (Å²) in [6.07, 6.45) is 2.30. The Balaban J connectivity index is 1.81. The molecule has 3 heteroatoms. The summed E-state index contributed by atoms with van der Waals surface area (Å²) < 4.78 is 0. The lowest BCUT2D eigenvalue weighted by molar-refractivity contribution is -0.127. The maximum atomic E-state index is 11.3. The summed E-state index contributed by atoms with van der Waals surface area (Å²) in [5, 5.41) is 6.14. The van der Waals surface area contributed by atoms with E-state index in [1.165, 1.54) is 0 Å². The van der Waals surface area contributed by atoms with Crippen molar-refractivity contribution < 1.29 is 4.79 Å². The van der Waals surface area contributed by atoms with Crippen molar-refractivity contribution in [3.05, 3.63) is 0 Å². The molecule has 2 N–H and O–H groups in total. The third-order valence-corrected chi connectivity index (χ3v) is 2.58. The van der Waals surface area contributed by atoms with Gasteiger partial charge in [0.25, 0.3) is 0 Å². The molecule has 0 aromatic heterocycles. The van der Waals surface area contributed by atoms with Crippen LogP contribution in [-0.4, -0.2) is 24.5 Å². The number of hydrogen-bond acceptors (Lipinski definition) is 2. The van der Waals surface area contributed by atoms with Gasteiger partial charge in [0.2, 0.25) is 5.91 Å². The van der Waals surface area contributed by atoms with Crippen molar-refractivity contribution in [3.8, 4) is 0 Å². The van der Waals surface area contributed by atoms with Crippen LogP contribution < -0.4 is 10.6 Å². The van der Waals surface area contributed by atoms with E-state index in [1.807, 2.05) is 0 Å². The molecule has 1 aliphatic carbocycles. The molecule has 1 saturated carbocycles. The minimum absolute atomic E-state index is 0.159. The van der Waals surface area contributed by atoms with Crippen LogP contribution in [0.25, 0.3) is 0 Å². The second-order valence-electron chi connectivity index (χ2n) is 3.91. The standard InChI is InChI=1S/C8H14N2O/c1-8(2-3-8)10-7(11)6-4-9-5-6/h6,9H,2-5H2,1H3,(H,10,11). The minimum Gasteiger partial charge on any atom is -0.351 e. The fraction of sp³-hybridized carbons (Fsp3) is 0.875. The molecule has 2 rings (SSSR count). The second kappa shape index (κ2) is 2.21. The predicted octanol–water partition coefficient (Wildman–Crippen LogP) is -0.126. The highest BCUT2D eigenvalue weighted by atomic mass is 16.2. The maximum Gasteiger partial charge on any atom is 0.226 e. The number of nitrogens with one attached hydrogen (secondary N) is 2. The molecule has 0 unspecified atom stereocenters. The van der Waals surface area contributed by atoms with Gasteiger partial charge in [0.15, 0.2) is 0 Å². The Bertz CT molecular complexity index is 183. The molecule has 11 heavy (non-hydrogen) atoms. The van der Waals surface area contributed by atoms with Crippen LogP contribution >= 0.6 is 0 Å². The smallest absolute Gasteiger partial charge is 0.226 e. The fourth-order valence-corrected chi connectivity index (χ4v) is 1.19. The van der Waals surface area contributed by atoms with Crippen molar-refractivity contribution in [1.29, 1.82) is 0 Å². The summed E-state index contributed by atoms with van der Waals surface area (Å²) in [6.45, 7) is 3.83. The van der Waals surface area contributed by atoms with Gasteiger partial charge in [-0.15, -0.1) is 0 Å². The van der Waals surface area contributed by atoms with Crippen LogP contribution in [0.15, 0.2) is 0 Å². The molecule has 0 aromatic carbocycles. The first kappa shape index (κ1) is 7.10. The van der Waals surface area contributed by atoms with E-state index in [0.29, 0.717) is 0 Å². The van der Waals surface area contributed by atoms with Crippen molar-refractivity contribution in [1.82, 2.24) is 10.6 Å². The van der Waals surface area contributed by atoms with Crippen LogP contribution in [-0.2, 0) is 4.79 Å². The minimum atomic E-state index is 0.159. The number of hydrogen-bond donors (Lipinski definition) is 2. The third-order valence-electron chi connectivity index (χ3n) is 2.58. The summed E-state index contributed by atoms with van der Waals surface area (Å²) in [6, 6.07) is 0. The van der Waals surface area contributed by atoms with Crippen molar-refractivity contribution in [2.45, 2.75) is 25.3 Å². The van der Waals surface area contributed by atoms with Crippen molar-refractivity contribution in [2.24, 2.45) is 5.92 Å². The number of amides is 1. The van der Waals surface area contributed by atoms with Crippen LogP contribution in [0.3, 0.4) is 0 Å². The van der Waals surface area contributed by atoms with E-state index < -0.39 is 0 Å². The Hall–Kier alpha value is -0.570. The Labute approximate surface area is 66.5 Å². The van der Waals surface area contributed by atoms with Crippen molar-refractivity contribution >= 4 is 5.91 Å². The molecule has 0 bridgehead atoms. The van der Waals surface area contributed by atoms with Gasteiger partial charge in [-0.1, -0.05) is 0 Å². The lowest BCUT2D eigenvalue weighted by Crippen LogP contribution is -2.52. The van der Waals surface area contributed by atoms with E-state index in [2.05, 4.69) is 17.6 Å². The molecule has 3 nitrogen and oxygen atoms in total. The van der Waals surface area contributed by atoms with Gasteiger partial charge in [-0.2, -0.15) is 0 Å². The zero-order valence-corrected chi connectivity index (χ0v) is 6.81. The second-order valence-corrected chi connectivity index (χ2v) is 3.91. The summed E-state index contributed by atoms with van der Waals surface area (Å²) >= 11 is 0. The van der Waals surface area contributed by atoms with Gasteiger partial charge in [-0.25, -0.2) is 0 Å². The normalized spacial score (nSPS) is 27.4. The monoisotopic (exact) mass is 154 g/mol. The van der Waals surface area contributed by atoms with Crippen molar-refractivity contribution in [3.63, 3.8) is 0 Å². The molecule has 1 heterocycles. The molecule has 1 amide bonds. The number of carbonyl (C=O) groups is 1. The molecule has 0 radical (unpaired) electrons. The Morgan fingerprint density at radius 3 is 2.55 bits per heavy atom. The topological polar surface area (TPSA) is 41.1 Å². The van der Waals surface area contributed by atoms with Gasteiger partial charge >= 0.3 is 0 Å². The van der Waals surface area contributed by atoms with E-state index >= 15 is 0 Å². The zero-order valence-electron chi connectivity index (χ0n) is 6.81. The highest BCUT2D eigenvalue weighted by molar-refractivity contribution is 5.81. The molecule has 2 fully saturated rings. The van der Waals surface area contributed by atoms with Crippen LogP contribution in [0, 0.1) is 5.92 Å². The predicted molar refractivity (Wildman–Crippen MR) is 42.1 cm³/mol. The zero-order chi connectivity index (χ0) is 7.90. The van der Waals surface area contributed by atoms with E-state index in [4.69, 9.17) is 0 Å². The fourth-order valence-electron chi connectivity index (χ4n) is 1.19. The Morgan fingerprint density at radius 1 is 1.55 bits per heavy atom. The molecule has 62 valence electrons. The average molecular weight is 154 g/mol. The third kappa shape index (κ3) is 1.38. The van der Waals surface area contributed by atoms with E-state index in [-0.39, 0.29) is 17.4 Å². The van der Waals surface area contributed by atoms with Gasteiger partial charge in [0, 0.05) is 18.6 Å². The number of carbonyl (C=O) groups excluding carboxylic acids is 1. The van der Waals surface area contributed by atoms with Crippen LogP contribution in [0.5, 0.6) is 0 Å². The molecule has 1 aliphatic heterocycles.